The van der Waals surface area contributed by atoms with Gasteiger partial charge in [-0.05, 0) is 13.0 Å². The summed E-state index contributed by atoms with van der Waals surface area (Å²) < 4.78 is 0. The van der Waals surface area contributed by atoms with Gasteiger partial charge in [0.25, 0.3) is 0 Å². The van der Waals surface area contributed by atoms with Gasteiger partial charge in [-0.25, -0.2) is 0 Å². The van der Waals surface area contributed by atoms with Crippen molar-refractivity contribution >= 4 is 0 Å². The molecule has 7 N–H and O–H groups in total. The standard InChI is InChI=1S/C6H12N4/c1-6(9)5(8)4(7)2-3-10-6/h2-3,10H,7-9H2,1H3. The van der Waals surface area contributed by atoms with E-state index in [0.717, 1.165) is 0 Å². The summed E-state index contributed by atoms with van der Waals surface area (Å²) in [6.07, 6.45) is 3.37. The topological polar surface area (TPSA) is 90.1 Å². The van der Waals surface area contributed by atoms with Crippen molar-refractivity contribution in [1.82, 2.24) is 5.32 Å². The van der Waals surface area contributed by atoms with Crippen LogP contribution in [0.5, 0.6) is 0 Å². The molecule has 4 heteroatoms. The summed E-state index contributed by atoms with van der Waals surface area (Å²) in [7, 11) is 0. The average Bonchev–Trinajstić information content (AvgIpc) is 1.83. The second-order valence-corrected chi connectivity index (χ2v) is 2.55. The summed E-state index contributed by atoms with van der Waals surface area (Å²) in [5, 5.41) is 2.87. The number of allylic oxidation sites excluding steroid dienone is 1. The molecule has 1 heterocycles. The first-order chi connectivity index (χ1) is 4.54. The van der Waals surface area contributed by atoms with E-state index >= 15 is 0 Å². The van der Waals surface area contributed by atoms with E-state index in [0.29, 0.717) is 11.4 Å². The number of hydrogen-bond acceptors (Lipinski definition) is 4. The number of hydrogen-bond donors (Lipinski definition) is 4. The first-order valence-electron chi connectivity index (χ1n) is 3.03. The minimum absolute atomic E-state index is 0.481. The largest absolute Gasteiger partial charge is 0.397 e. The zero-order valence-electron chi connectivity index (χ0n) is 5.89. The minimum atomic E-state index is -0.696. The van der Waals surface area contributed by atoms with E-state index in [-0.39, 0.29) is 0 Å². The molecule has 0 bridgehead atoms. The van der Waals surface area contributed by atoms with Crippen molar-refractivity contribution in [3.05, 3.63) is 23.7 Å². The molecule has 0 aromatic heterocycles. The molecule has 56 valence electrons. The molecule has 1 aliphatic heterocycles. The Labute approximate surface area is 59.7 Å². The Balaban J connectivity index is 2.99. The lowest BCUT2D eigenvalue weighted by atomic mass is 10.1. The molecule has 0 spiro atoms. The van der Waals surface area contributed by atoms with Crippen LogP contribution in [0.4, 0.5) is 0 Å². The molecular weight excluding hydrogens is 128 g/mol. The maximum Gasteiger partial charge on any atom is 0.125 e. The zero-order valence-corrected chi connectivity index (χ0v) is 5.89. The lowest BCUT2D eigenvalue weighted by Crippen LogP contribution is -2.54. The molecule has 0 saturated carbocycles. The number of nitrogens with two attached hydrogens (primary N) is 3. The van der Waals surface area contributed by atoms with Crippen LogP contribution in [0.1, 0.15) is 6.92 Å². The van der Waals surface area contributed by atoms with Crippen LogP contribution in [0.25, 0.3) is 0 Å². The molecule has 4 nitrogen and oxygen atoms in total. The van der Waals surface area contributed by atoms with Crippen molar-refractivity contribution in [3.63, 3.8) is 0 Å². The van der Waals surface area contributed by atoms with Crippen LogP contribution in [0.15, 0.2) is 23.7 Å². The molecule has 0 aromatic carbocycles. The second-order valence-electron chi connectivity index (χ2n) is 2.55. The fraction of sp³-hybridized carbons (Fsp3) is 0.333. The van der Waals surface area contributed by atoms with Crippen molar-refractivity contribution in [2.24, 2.45) is 17.2 Å². The van der Waals surface area contributed by atoms with Gasteiger partial charge in [0.2, 0.25) is 0 Å². The normalized spacial score (nSPS) is 32.2. The first-order valence-corrected chi connectivity index (χ1v) is 3.03. The highest BCUT2D eigenvalue weighted by molar-refractivity contribution is 5.31. The molecule has 0 aliphatic carbocycles. The fourth-order valence-corrected chi connectivity index (χ4v) is 0.772. The van der Waals surface area contributed by atoms with Crippen molar-refractivity contribution in [3.8, 4) is 0 Å². The van der Waals surface area contributed by atoms with Crippen LogP contribution < -0.4 is 22.5 Å². The Kier molecular flexibility index (Phi) is 1.33. The quantitative estimate of drug-likeness (QED) is 0.344. The summed E-state index contributed by atoms with van der Waals surface area (Å²) in [5.41, 5.74) is 17.1. The van der Waals surface area contributed by atoms with Gasteiger partial charge in [-0.1, -0.05) is 0 Å². The molecule has 10 heavy (non-hydrogen) atoms. The van der Waals surface area contributed by atoms with E-state index in [9.17, 15) is 0 Å². The fourth-order valence-electron chi connectivity index (χ4n) is 0.772. The van der Waals surface area contributed by atoms with Crippen molar-refractivity contribution in [1.29, 1.82) is 0 Å². The molecule has 0 amide bonds. The van der Waals surface area contributed by atoms with Crippen LogP contribution in [0, 0.1) is 0 Å². The van der Waals surface area contributed by atoms with Gasteiger partial charge >= 0.3 is 0 Å². The lowest BCUT2D eigenvalue weighted by Gasteiger charge is -2.29. The Bertz CT molecular complexity index is 202. The highest BCUT2D eigenvalue weighted by Gasteiger charge is 2.23. The molecule has 1 aliphatic rings. The molecule has 0 radical (unpaired) electrons. The first kappa shape index (κ1) is 6.95. The van der Waals surface area contributed by atoms with E-state index in [2.05, 4.69) is 5.32 Å². The third-order valence-corrected chi connectivity index (χ3v) is 1.52. The van der Waals surface area contributed by atoms with Gasteiger partial charge in [-0.15, -0.1) is 0 Å². The molecule has 1 unspecified atom stereocenters. The van der Waals surface area contributed by atoms with E-state index in [1.165, 1.54) is 0 Å². The van der Waals surface area contributed by atoms with Crippen LogP contribution in [0.3, 0.4) is 0 Å². The summed E-state index contributed by atoms with van der Waals surface area (Å²) >= 11 is 0. The van der Waals surface area contributed by atoms with Crippen LogP contribution in [0.2, 0.25) is 0 Å². The third-order valence-electron chi connectivity index (χ3n) is 1.52. The van der Waals surface area contributed by atoms with Crippen LogP contribution in [-0.4, -0.2) is 5.66 Å². The van der Waals surface area contributed by atoms with Gasteiger partial charge in [0.1, 0.15) is 5.66 Å². The molecule has 1 rings (SSSR count). The Morgan fingerprint density at radius 2 is 2.10 bits per heavy atom. The highest BCUT2D eigenvalue weighted by atomic mass is 15.1. The Morgan fingerprint density at radius 1 is 1.50 bits per heavy atom. The Morgan fingerprint density at radius 3 is 2.50 bits per heavy atom. The average molecular weight is 140 g/mol. The van der Waals surface area contributed by atoms with Gasteiger partial charge in [0, 0.05) is 6.20 Å². The number of rotatable bonds is 0. The van der Waals surface area contributed by atoms with Crippen molar-refractivity contribution in [2.45, 2.75) is 12.6 Å². The second kappa shape index (κ2) is 1.91. The molecule has 0 fully saturated rings. The maximum atomic E-state index is 5.69. The van der Waals surface area contributed by atoms with Crippen LogP contribution in [-0.2, 0) is 0 Å². The van der Waals surface area contributed by atoms with Crippen molar-refractivity contribution in [2.75, 3.05) is 0 Å². The van der Waals surface area contributed by atoms with Gasteiger partial charge < -0.3 is 22.5 Å². The van der Waals surface area contributed by atoms with Crippen LogP contribution >= 0.6 is 0 Å². The van der Waals surface area contributed by atoms with E-state index in [1.54, 1.807) is 19.2 Å². The van der Waals surface area contributed by atoms with E-state index in [4.69, 9.17) is 17.2 Å². The summed E-state index contributed by atoms with van der Waals surface area (Å²) in [4.78, 5) is 0. The third kappa shape index (κ3) is 0.930. The molecule has 0 saturated heterocycles. The molecular formula is C6H12N4. The summed E-state index contributed by atoms with van der Waals surface area (Å²) in [6, 6.07) is 0. The lowest BCUT2D eigenvalue weighted by molar-refractivity contribution is 0.475. The number of nitrogens with one attached hydrogen (secondary N) is 1. The van der Waals surface area contributed by atoms with Gasteiger partial charge in [0.15, 0.2) is 0 Å². The van der Waals surface area contributed by atoms with Crippen molar-refractivity contribution < 1.29 is 0 Å². The van der Waals surface area contributed by atoms with E-state index < -0.39 is 5.66 Å². The predicted molar refractivity (Wildman–Crippen MR) is 40.3 cm³/mol. The summed E-state index contributed by atoms with van der Waals surface area (Å²) in [6.45, 7) is 1.76. The molecule has 0 aromatic rings. The summed E-state index contributed by atoms with van der Waals surface area (Å²) in [5.74, 6) is 0. The SMILES string of the molecule is CC1(N)NC=CC(N)=C1N. The predicted octanol–water partition coefficient (Wildman–Crippen LogP) is -1.09. The maximum absolute atomic E-state index is 5.69. The highest BCUT2D eigenvalue weighted by Crippen LogP contribution is 2.10. The van der Waals surface area contributed by atoms with E-state index in [1.807, 2.05) is 0 Å². The minimum Gasteiger partial charge on any atom is -0.397 e. The van der Waals surface area contributed by atoms with Gasteiger partial charge in [-0.2, -0.15) is 0 Å². The number of dihydropyridines is 1. The molecule has 1 atom stereocenters. The van der Waals surface area contributed by atoms with Gasteiger partial charge in [0.05, 0.1) is 11.4 Å². The zero-order chi connectivity index (χ0) is 7.78. The monoisotopic (exact) mass is 140 g/mol. The smallest absolute Gasteiger partial charge is 0.125 e. The Hall–Kier alpha value is -1.16. The van der Waals surface area contributed by atoms with Gasteiger partial charge in [-0.3, -0.25) is 0 Å².